The van der Waals surface area contributed by atoms with Crippen molar-refractivity contribution in [2.45, 2.75) is 25.2 Å². The minimum absolute atomic E-state index is 0.187. The predicted molar refractivity (Wildman–Crippen MR) is 91.3 cm³/mol. The van der Waals surface area contributed by atoms with Crippen LogP contribution in [0.25, 0.3) is 0 Å². The third-order valence-corrected chi connectivity index (χ3v) is 6.67. The van der Waals surface area contributed by atoms with Crippen LogP contribution < -0.4 is 0 Å². The molecule has 0 unspecified atom stereocenters. The van der Waals surface area contributed by atoms with Crippen molar-refractivity contribution >= 4 is 10.0 Å². The monoisotopic (exact) mass is 367 g/mol. The maximum atomic E-state index is 12.9. The van der Waals surface area contributed by atoms with E-state index in [-0.39, 0.29) is 10.7 Å². The molecule has 1 aliphatic rings. The van der Waals surface area contributed by atoms with Gasteiger partial charge in [-0.2, -0.15) is 4.31 Å². The van der Waals surface area contributed by atoms with Gasteiger partial charge in [0.1, 0.15) is 16.4 Å². The number of hydrogen-bond donors (Lipinski definition) is 0. The van der Waals surface area contributed by atoms with Gasteiger partial charge >= 0.3 is 0 Å². The largest absolute Gasteiger partial charge is 0.360 e. The van der Waals surface area contributed by atoms with Crippen LogP contribution in [0.2, 0.25) is 0 Å². The highest BCUT2D eigenvalue weighted by atomic mass is 32.2. The van der Waals surface area contributed by atoms with E-state index in [9.17, 15) is 12.8 Å². The zero-order valence-corrected chi connectivity index (χ0v) is 15.2. The molecule has 0 atom stereocenters. The van der Waals surface area contributed by atoms with Gasteiger partial charge in [0, 0.05) is 32.7 Å². The first-order valence-electron chi connectivity index (χ1n) is 8.28. The fourth-order valence-electron chi connectivity index (χ4n) is 3.10. The van der Waals surface area contributed by atoms with Gasteiger partial charge in [0.25, 0.3) is 0 Å². The summed E-state index contributed by atoms with van der Waals surface area (Å²) in [5.74, 6) is 0.0955. The van der Waals surface area contributed by atoms with E-state index in [0.717, 1.165) is 18.5 Å². The highest BCUT2D eigenvalue weighted by Crippen LogP contribution is 2.24. The summed E-state index contributed by atoms with van der Waals surface area (Å²) in [6.07, 6.45) is 0.816. The zero-order valence-electron chi connectivity index (χ0n) is 14.4. The van der Waals surface area contributed by atoms with Crippen LogP contribution in [-0.4, -0.2) is 55.5 Å². The molecule has 2 heterocycles. The fourth-order valence-corrected chi connectivity index (χ4v) is 4.82. The molecule has 1 fully saturated rings. The molecular formula is C17H22FN3O3S. The van der Waals surface area contributed by atoms with Gasteiger partial charge in [-0.3, -0.25) is 0 Å². The molecule has 6 nitrogen and oxygen atoms in total. The minimum Gasteiger partial charge on any atom is -0.360 e. The van der Waals surface area contributed by atoms with E-state index < -0.39 is 10.0 Å². The average molecular weight is 367 g/mol. The Balaban J connectivity index is 1.57. The number of aromatic nitrogens is 1. The van der Waals surface area contributed by atoms with Crippen molar-refractivity contribution in [2.75, 3.05) is 32.7 Å². The maximum Gasteiger partial charge on any atom is 0.248 e. The predicted octanol–water partition coefficient (Wildman–Crippen LogP) is 1.98. The number of sulfonamides is 1. The molecule has 0 aliphatic carbocycles. The number of piperazine rings is 1. The summed E-state index contributed by atoms with van der Waals surface area (Å²) in [7, 11) is -3.57. The summed E-state index contributed by atoms with van der Waals surface area (Å²) in [4.78, 5) is 2.41. The first-order valence-corrected chi connectivity index (χ1v) is 9.72. The molecule has 0 radical (unpaired) electrons. The first-order chi connectivity index (χ1) is 11.9. The molecule has 1 aromatic heterocycles. The van der Waals surface area contributed by atoms with Crippen molar-refractivity contribution in [2.24, 2.45) is 0 Å². The van der Waals surface area contributed by atoms with Crippen LogP contribution in [0.4, 0.5) is 4.39 Å². The lowest BCUT2D eigenvalue weighted by atomic mass is 10.1. The Morgan fingerprint density at radius 1 is 1.12 bits per heavy atom. The molecular weight excluding hydrogens is 345 g/mol. The lowest BCUT2D eigenvalue weighted by Crippen LogP contribution is -2.49. The van der Waals surface area contributed by atoms with Crippen LogP contribution >= 0.6 is 0 Å². The van der Waals surface area contributed by atoms with Gasteiger partial charge < -0.3 is 9.42 Å². The summed E-state index contributed by atoms with van der Waals surface area (Å²) in [5.41, 5.74) is 1.48. The summed E-state index contributed by atoms with van der Waals surface area (Å²) in [6.45, 7) is 6.30. The van der Waals surface area contributed by atoms with Crippen molar-refractivity contribution < 1.29 is 17.3 Å². The van der Waals surface area contributed by atoms with Gasteiger partial charge in [0.15, 0.2) is 5.76 Å². The molecule has 0 bridgehead atoms. The van der Waals surface area contributed by atoms with Crippen LogP contribution in [0.3, 0.4) is 0 Å². The first kappa shape index (κ1) is 18.0. The quantitative estimate of drug-likeness (QED) is 0.808. The molecule has 0 spiro atoms. The van der Waals surface area contributed by atoms with Gasteiger partial charge in [-0.25, -0.2) is 12.8 Å². The second-order valence-corrected chi connectivity index (χ2v) is 8.15. The highest BCUT2D eigenvalue weighted by molar-refractivity contribution is 7.89. The minimum atomic E-state index is -3.57. The second-order valence-electron chi connectivity index (χ2n) is 6.28. The standard InChI is InChI=1S/C17H22FN3O3S/c1-13-17(14(2)24-19-13)25(22,23)21-11-9-20(10-12-21)8-7-15-3-5-16(18)6-4-15/h3-6H,7-12H2,1-2H3. The van der Waals surface area contributed by atoms with Crippen molar-refractivity contribution in [3.63, 3.8) is 0 Å². The van der Waals surface area contributed by atoms with Crippen LogP contribution in [0.5, 0.6) is 0 Å². The smallest absolute Gasteiger partial charge is 0.248 e. The Hall–Kier alpha value is -1.77. The van der Waals surface area contributed by atoms with Crippen LogP contribution in [0.1, 0.15) is 17.0 Å². The number of halogens is 1. The molecule has 25 heavy (non-hydrogen) atoms. The SMILES string of the molecule is Cc1noc(C)c1S(=O)(=O)N1CCN(CCc2ccc(F)cc2)CC1. The van der Waals surface area contributed by atoms with E-state index in [1.807, 2.05) is 0 Å². The van der Waals surface area contributed by atoms with Crippen molar-refractivity contribution in [3.05, 3.63) is 47.1 Å². The highest BCUT2D eigenvalue weighted by Gasteiger charge is 2.33. The lowest BCUT2D eigenvalue weighted by molar-refractivity contribution is 0.190. The van der Waals surface area contributed by atoms with E-state index in [4.69, 9.17) is 4.52 Å². The van der Waals surface area contributed by atoms with Gasteiger partial charge in [0.2, 0.25) is 10.0 Å². The molecule has 1 saturated heterocycles. The average Bonchev–Trinajstić information content (AvgIpc) is 2.94. The molecule has 1 aliphatic heterocycles. The van der Waals surface area contributed by atoms with Gasteiger partial charge in [0.05, 0.1) is 0 Å². The number of benzene rings is 1. The Bertz CT molecular complexity index is 806. The van der Waals surface area contributed by atoms with Crippen LogP contribution in [-0.2, 0) is 16.4 Å². The molecule has 0 N–H and O–H groups in total. The molecule has 3 rings (SSSR count). The number of rotatable bonds is 5. The van der Waals surface area contributed by atoms with Crippen molar-refractivity contribution in [1.29, 1.82) is 0 Å². The summed E-state index contributed by atoms with van der Waals surface area (Å²) in [6, 6.07) is 6.49. The molecule has 136 valence electrons. The Labute approximate surface area is 147 Å². The molecule has 1 aromatic carbocycles. The fraction of sp³-hybridized carbons (Fsp3) is 0.471. The van der Waals surface area contributed by atoms with E-state index in [0.29, 0.717) is 37.6 Å². The van der Waals surface area contributed by atoms with Gasteiger partial charge in [-0.15, -0.1) is 0 Å². The van der Waals surface area contributed by atoms with Crippen LogP contribution in [0.15, 0.2) is 33.7 Å². The zero-order chi connectivity index (χ0) is 18.0. The third-order valence-electron chi connectivity index (χ3n) is 4.53. The molecule has 2 aromatic rings. The number of nitrogens with zero attached hydrogens (tertiary/aromatic N) is 3. The number of aryl methyl sites for hydroxylation is 2. The summed E-state index contributed by atoms with van der Waals surface area (Å²) >= 11 is 0. The van der Waals surface area contributed by atoms with Gasteiger partial charge in [-0.05, 0) is 38.0 Å². The van der Waals surface area contributed by atoms with Crippen molar-refractivity contribution in [1.82, 2.24) is 14.4 Å². The van der Waals surface area contributed by atoms with E-state index in [1.165, 1.54) is 16.4 Å². The van der Waals surface area contributed by atoms with E-state index in [2.05, 4.69) is 10.1 Å². The van der Waals surface area contributed by atoms with Gasteiger partial charge in [-0.1, -0.05) is 17.3 Å². The molecule has 8 heteroatoms. The summed E-state index contributed by atoms with van der Waals surface area (Å²) in [5, 5.41) is 3.74. The molecule has 0 saturated carbocycles. The normalized spacial score (nSPS) is 17.1. The van der Waals surface area contributed by atoms with E-state index >= 15 is 0 Å². The van der Waals surface area contributed by atoms with Crippen molar-refractivity contribution in [3.8, 4) is 0 Å². The lowest BCUT2D eigenvalue weighted by Gasteiger charge is -2.33. The number of hydrogen-bond acceptors (Lipinski definition) is 5. The molecule has 0 amide bonds. The Morgan fingerprint density at radius 3 is 2.32 bits per heavy atom. The Kier molecular flexibility index (Phi) is 5.21. The maximum absolute atomic E-state index is 12.9. The topological polar surface area (TPSA) is 66.7 Å². The Morgan fingerprint density at radius 2 is 1.76 bits per heavy atom. The van der Waals surface area contributed by atoms with E-state index in [1.54, 1.807) is 26.0 Å². The third kappa shape index (κ3) is 3.91. The summed E-state index contributed by atoms with van der Waals surface area (Å²) < 4.78 is 45.0. The second kappa shape index (κ2) is 7.23. The van der Waals surface area contributed by atoms with Crippen LogP contribution in [0, 0.1) is 19.7 Å².